The molecule has 0 aromatic heterocycles. The summed E-state index contributed by atoms with van der Waals surface area (Å²) in [6.07, 6.45) is -4.82. The highest BCUT2D eigenvalue weighted by Crippen LogP contribution is 2.35. The minimum Gasteiger partial charge on any atom is -0.481 e. The molecule has 0 saturated heterocycles. The van der Waals surface area contributed by atoms with Gasteiger partial charge in [0.25, 0.3) is 0 Å². The van der Waals surface area contributed by atoms with Crippen molar-refractivity contribution >= 4 is 23.6 Å². The lowest BCUT2D eigenvalue weighted by molar-refractivity contribution is -0.138. The molecule has 0 spiro atoms. The van der Waals surface area contributed by atoms with Crippen molar-refractivity contribution < 1.29 is 27.9 Å². The average molecular weight is 429 g/mol. The normalized spacial score (nSPS) is 11.2. The number of carbonyl (C=O) groups is 2. The van der Waals surface area contributed by atoms with Gasteiger partial charge >= 0.3 is 18.2 Å². The fourth-order valence-electron chi connectivity index (χ4n) is 2.96. The maximum Gasteiger partial charge on any atom is 0.416 e. The number of halogens is 4. The number of hydrogen-bond donors (Lipinski definition) is 2. The zero-order chi connectivity index (χ0) is 21.8. The predicted octanol–water partition coefficient (Wildman–Crippen LogP) is 4.81. The first kappa shape index (κ1) is 22.5. The molecule has 0 aliphatic heterocycles. The van der Waals surface area contributed by atoms with Gasteiger partial charge in [0.05, 0.1) is 12.0 Å². The van der Waals surface area contributed by atoms with Gasteiger partial charge in [-0.2, -0.15) is 13.2 Å². The van der Waals surface area contributed by atoms with E-state index < -0.39 is 23.7 Å². The Bertz CT molecular complexity index is 916. The first-order valence-corrected chi connectivity index (χ1v) is 9.11. The van der Waals surface area contributed by atoms with Crippen LogP contribution in [-0.4, -0.2) is 35.6 Å². The molecule has 0 aliphatic carbocycles. The summed E-state index contributed by atoms with van der Waals surface area (Å²) < 4.78 is 39.7. The molecule has 0 unspecified atom stereocenters. The van der Waals surface area contributed by atoms with Crippen LogP contribution in [0.4, 0.5) is 18.0 Å². The number of aliphatic carboxylic acids is 1. The molecule has 0 fully saturated rings. The number of amides is 2. The molecule has 2 rings (SSSR count). The Balaban J connectivity index is 2.60. The van der Waals surface area contributed by atoms with Crippen molar-refractivity contribution in [3.05, 3.63) is 58.1 Å². The predicted molar refractivity (Wildman–Crippen MR) is 104 cm³/mol. The number of hydrogen-bond acceptors (Lipinski definition) is 2. The number of alkyl halides is 3. The number of nitrogens with zero attached hydrogens (tertiary/aromatic N) is 1. The molecule has 9 heteroatoms. The Morgan fingerprint density at radius 2 is 1.86 bits per heavy atom. The van der Waals surface area contributed by atoms with Gasteiger partial charge < -0.3 is 15.3 Å². The van der Waals surface area contributed by atoms with Crippen molar-refractivity contribution in [1.82, 2.24) is 10.2 Å². The van der Waals surface area contributed by atoms with Gasteiger partial charge in [0.1, 0.15) is 0 Å². The van der Waals surface area contributed by atoms with E-state index in [1.54, 1.807) is 19.1 Å². The fraction of sp³-hybridized carbons (Fsp3) is 0.300. The van der Waals surface area contributed by atoms with E-state index >= 15 is 0 Å². The molecule has 0 saturated carbocycles. The Kier molecular flexibility index (Phi) is 7.13. The van der Waals surface area contributed by atoms with Crippen LogP contribution in [0.25, 0.3) is 11.1 Å². The zero-order valence-corrected chi connectivity index (χ0v) is 16.6. The smallest absolute Gasteiger partial charge is 0.416 e. The molecule has 2 aromatic carbocycles. The number of carbonyl (C=O) groups excluding carboxylic acids is 1. The summed E-state index contributed by atoms with van der Waals surface area (Å²) >= 11 is 6.10. The number of carboxylic acids is 1. The van der Waals surface area contributed by atoms with E-state index in [9.17, 15) is 22.8 Å². The second-order valence-corrected chi connectivity index (χ2v) is 6.79. The van der Waals surface area contributed by atoms with E-state index in [2.05, 4.69) is 5.32 Å². The maximum atomic E-state index is 13.2. The molecule has 29 heavy (non-hydrogen) atoms. The van der Waals surface area contributed by atoms with Gasteiger partial charge in [-0.1, -0.05) is 23.7 Å². The number of rotatable bonds is 6. The van der Waals surface area contributed by atoms with Crippen LogP contribution in [0.15, 0.2) is 36.4 Å². The minimum atomic E-state index is -4.54. The van der Waals surface area contributed by atoms with Crippen LogP contribution >= 0.6 is 11.6 Å². The molecule has 0 bridgehead atoms. The van der Waals surface area contributed by atoms with Gasteiger partial charge in [0, 0.05) is 25.2 Å². The number of benzene rings is 2. The van der Waals surface area contributed by atoms with Gasteiger partial charge in [-0.15, -0.1) is 0 Å². The molecule has 2 aromatic rings. The lowest BCUT2D eigenvalue weighted by Crippen LogP contribution is -2.37. The molecule has 156 valence electrons. The van der Waals surface area contributed by atoms with E-state index in [1.165, 1.54) is 24.1 Å². The van der Waals surface area contributed by atoms with Crippen molar-refractivity contribution in [2.24, 2.45) is 0 Å². The highest BCUT2D eigenvalue weighted by atomic mass is 35.5. The lowest BCUT2D eigenvalue weighted by Gasteiger charge is -2.23. The van der Waals surface area contributed by atoms with Crippen LogP contribution in [0, 0.1) is 0 Å². The molecule has 0 radical (unpaired) electrons. The van der Waals surface area contributed by atoms with Crippen molar-refractivity contribution in [1.29, 1.82) is 0 Å². The quantitative estimate of drug-likeness (QED) is 0.693. The first-order valence-electron chi connectivity index (χ1n) is 8.73. The third kappa shape index (κ3) is 5.87. The van der Waals surface area contributed by atoms with Gasteiger partial charge in [0.2, 0.25) is 0 Å². The van der Waals surface area contributed by atoms with Crippen LogP contribution in [0.1, 0.15) is 23.6 Å². The van der Waals surface area contributed by atoms with E-state index in [1.807, 2.05) is 0 Å². The van der Waals surface area contributed by atoms with Crippen LogP contribution in [-0.2, 0) is 23.9 Å². The molecule has 0 heterocycles. The van der Waals surface area contributed by atoms with Crippen LogP contribution in [0.5, 0.6) is 0 Å². The summed E-state index contributed by atoms with van der Waals surface area (Å²) in [6, 6.07) is 7.45. The molecule has 0 aliphatic rings. The summed E-state index contributed by atoms with van der Waals surface area (Å²) in [5, 5.41) is 11.7. The van der Waals surface area contributed by atoms with E-state index in [0.717, 1.165) is 12.1 Å². The third-order valence-corrected chi connectivity index (χ3v) is 4.52. The topological polar surface area (TPSA) is 69.6 Å². The van der Waals surface area contributed by atoms with Gasteiger partial charge in [-0.25, -0.2) is 4.79 Å². The van der Waals surface area contributed by atoms with Gasteiger partial charge in [-0.3, -0.25) is 4.79 Å². The minimum absolute atomic E-state index is 0.0593. The van der Waals surface area contributed by atoms with Crippen molar-refractivity contribution in [3.8, 4) is 11.1 Å². The first-order chi connectivity index (χ1) is 13.5. The second-order valence-electron chi connectivity index (χ2n) is 6.36. The molecular formula is C20H20ClF3N2O3. The van der Waals surface area contributed by atoms with Crippen molar-refractivity contribution in [2.75, 3.05) is 13.6 Å². The molecular weight excluding hydrogens is 409 g/mol. The van der Waals surface area contributed by atoms with Gasteiger partial charge in [-0.05, 0) is 53.4 Å². The molecule has 5 nitrogen and oxygen atoms in total. The highest BCUT2D eigenvalue weighted by molar-refractivity contribution is 6.31. The Morgan fingerprint density at radius 3 is 2.41 bits per heavy atom. The Hall–Kier alpha value is -2.74. The molecule has 0 atom stereocenters. The van der Waals surface area contributed by atoms with Crippen LogP contribution < -0.4 is 5.32 Å². The van der Waals surface area contributed by atoms with E-state index in [-0.39, 0.29) is 30.1 Å². The number of urea groups is 1. The van der Waals surface area contributed by atoms with Crippen LogP contribution in [0.2, 0.25) is 5.02 Å². The van der Waals surface area contributed by atoms with Crippen molar-refractivity contribution in [2.45, 2.75) is 26.1 Å². The Morgan fingerprint density at radius 1 is 1.17 bits per heavy atom. The fourth-order valence-corrected chi connectivity index (χ4v) is 3.21. The van der Waals surface area contributed by atoms with E-state index in [4.69, 9.17) is 16.7 Å². The highest BCUT2D eigenvalue weighted by Gasteiger charge is 2.31. The SMILES string of the molecule is CCN(Cc1cc(C(F)(F)F)ccc1-c1cc(Cl)cc(CC(=O)O)c1)C(=O)NC. The summed E-state index contributed by atoms with van der Waals surface area (Å²) in [4.78, 5) is 24.4. The summed E-state index contributed by atoms with van der Waals surface area (Å²) in [5.74, 6) is -1.05. The summed E-state index contributed by atoms with van der Waals surface area (Å²) in [5.41, 5.74) is 0.773. The summed E-state index contributed by atoms with van der Waals surface area (Å²) in [6.45, 7) is 1.94. The standard InChI is InChI=1S/C20H20ClF3N2O3/c1-3-26(19(29)25-2)11-14-9-15(20(22,23)24)4-5-17(14)13-6-12(8-18(27)28)7-16(21)10-13/h4-7,9-10H,3,8,11H2,1-2H3,(H,25,29)(H,27,28). The monoisotopic (exact) mass is 428 g/mol. The van der Waals surface area contributed by atoms with Gasteiger partial charge in [0.15, 0.2) is 0 Å². The second kappa shape index (κ2) is 9.17. The van der Waals surface area contributed by atoms with Crippen molar-refractivity contribution in [3.63, 3.8) is 0 Å². The zero-order valence-electron chi connectivity index (χ0n) is 15.8. The number of carboxylic acid groups (broad SMARTS) is 1. The lowest BCUT2D eigenvalue weighted by atomic mass is 9.95. The molecule has 2 amide bonds. The maximum absolute atomic E-state index is 13.2. The average Bonchev–Trinajstić information content (AvgIpc) is 2.63. The Labute approximate surface area is 171 Å². The largest absolute Gasteiger partial charge is 0.481 e. The van der Waals surface area contributed by atoms with E-state index in [0.29, 0.717) is 16.7 Å². The summed E-state index contributed by atoms with van der Waals surface area (Å²) in [7, 11) is 1.44. The van der Waals surface area contributed by atoms with Crippen LogP contribution in [0.3, 0.4) is 0 Å². The third-order valence-electron chi connectivity index (χ3n) is 4.30. The number of nitrogens with one attached hydrogen (secondary N) is 1. The molecule has 2 N–H and O–H groups in total.